The minimum Gasteiger partial charge on any atom is -0.452 e. The molecule has 2 aromatic carbocycles. The van der Waals surface area contributed by atoms with Crippen LogP contribution in [0.3, 0.4) is 0 Å². The fourth-order valence-electron chi connectivity index (χ4n) is 3.09. The first kappa shape index (κ1) is 18.2. The fraction of sp³-hybridized carbons (Fsp3) is 0.130. The summed E-state index contributed by atoms with van der Waals surface area (Å²) in [5, 5.41) is 1.82. The molecule has 0 atom stereocenters. The zero-order chi connectivity index (χ0) is 19.7. The SMILES string of the molecule is CCc1ccc(/C=C2\Oc3cc(OC(=O)c4cccs4)cc(C)c3C2=O)cc1. The van der Waals surface area contributed by atoms with Gasteiger partial charge in [-0.3, -0.25) is 4.79 Å². The summed E-state index contributed by atoms with van der Waals surface area (Å²) in [7, 11) is 0. The lowest BCUT2D eigenvalue weighted by atomic mass is 10.0. The molecule has 0 aliphatic carbocycles. The van der Waals surface area contributed by atoms with Gasteiger partial charge in [-0.15, -0.1) is 11.3 Å². The van der Waals surface area contributed by atoms with Crippen molar-refractivity contribution >= 4 is 29.2 Å². The number of allylic oxidation sites excluding steroid dienone is 1. The quantitative estimate of drug-likeness (QED) is 0.337. The maximum Gasteiger partial charge on any atom is 0.353 e. The highest BCUT2D eigenvalue weighted by molar-refractivity contribution is 7.12. The van der Waals surface area contributed by atoms with Gasteiger partial charge in [0.25, 0.3) is 0 Å². The summed E-state index contributed by atoms with van der Waals surface area (Å²) in [6, 6.07) is 14.8. The van der Waals surface area contributed by atoms with Crippen molar-refractivity contribution in [3.05, 3.63) is 86.8 Å². The van der Waals surface area contributed by atoms with E-state index in [2.05, 4.69) is 6.92 Å². The van der Waals surface area contributed by atoms with Gasteiger partial charge in [-0.05, 0) is 53.6 Å². The zero-order valence-electron chi connectivity index (χ0n) is 15.5. The number of hydrogen-bond acceptors (Lipinski definition) is 5. The standard InChI is InChI=1S/C23H18O4S/c1-3-15-6-8-16(9-7-15)12-19-22(24)21-14(2)11-17(13-18(21)27-19)26-23(25)20-5-4-10-28-20/h4-13H,3H2,1-2H3/b19-12-. The van der Waals surface area contributed by atoms with E-state index >= 15 is 0 Å². The topological polar surface area (TPSA) is 52.6 Å². The lowest BCUT2D eigenvalue weighted by Gasteiger charge is -2.06. The molecule has 0 amide bonds. The summed E-state index contributed by atoms with van der Waals surface area (Å²) in [5.41, 5.74) is 3.35. The van der Waals surface area contributed by atoms with Gasteiger partial charge >= 0.3 is 5.97 Å². The smallest absolute Gasteiger partial charge is 0.353 e. The van der Waals surface area contributed by atoms with Gasteiger partial charge in [0.1, 0.15) is 16.4 Å². The second-order valence-corrected chi connectivity index (χ2v) is 7.46. The number of benzene rings is 2. The molecular formula is C23H18O4S. The Morgan fingerprint density at radius 1 is 1.18 bits per heavy atom. The molecule has 2 heterocycles. The normalized spacial score (nSPS) is 14.1. The number of hydrogen-bond donors (Lipinski definition) is 0. The third-order valence-corrected chi connectivity index (χ3v) is 5.41. The molecule has 1 aromatic heterocycles. The first-order valence-corrected chi connectivity index (χ1v) is 9.86. The minimum atomic E-state index is -0.426. The largest absolute Gasteiger partial charge is 0.452 e. The minimum absolute atomic E-state index is 0.164. The van der Waals surface area contributed by atoms with E-state index in [1.165, 1.54) is 16.9 Å². The van der Waals surface area contributed by atoms with E-state index in [9.17, 15) is 9.59 Å². The van der Waals surface area contributed by atoms with Crippen LogP contribution in [-0.4, -0.2) is 11.8 Å². The predicted octanol–water partition coefficient (Wildman–Crippen LogP) is 5.45. The number of carbonyl (C=O) groups excluding carboxylic acids is 2. The van der Waals surface area contributed by atoms with Crippen molar-refractivity contribution < 1.29 is 19.1 Å². The maximum absolute atomic E-state index is 12.8. The number of carbonyl (C=O) groups is 2. The molecule has 4 rings (SSSR count). The number of ketones is 1. The summed E-state index contributed by atoms with van der Waals surface area (Å²) in [5.74, 6) is 0.448. The Kier molecular flexibility index (Phi) is 4.84. The zero-order valence-corrected chi connectivity index (χ0v) is 16.3. The molecule has 1 aliphatic rings. The predicted molar refractivity (Wildman–Crippen MR) is 109 cm³/mol. The van der Waals surface area contributed by atoms with Crippen LogP contribution in [0.15, 0.2) is 59.7 Å². The molecule has 0 bridgehead atoms. The fourth-order valence-corrected chi connectivity index (χ4v) is 3.69. The summed E-state index contributed by atoms with van der Waals surface area (Å²) >= 11 is 1.32. The van der Waals surface area contributed by atoms with Crippen LogP contribution < -0.4 is 9.47 Å². The molecule has 140 valence electrons. The Bertz CT molecular complexity index is 1080. The summed E-state index contributed by atoms with van der Waals surface area (Å²) in [6.07, 6.45) is 2.70. The Morgan fingerprint density at radius 2 is 1.96 bits per heavy atom. The molecule has 0 saturated heterocycles. The van der Waals surface area contributed by atoms with Crippen LogP contribution in [0.25, 0.3) is 6.08 Å². The summed E-state index contributed by atoms with van der Waals surface area (Å²) in [6.45, 7) is 3.90. The third-order valence-electron chi connectivity index (χ3n) is 4.56. The van der Waals surface area contributed by atoms with Crippen LogP contribution in [-0.2, 0) is 6.42 Å². The molecule has 0 unspecified atom stereocenters. The third kappa shape index (κ3) is 3.49. The highest BCUT2D eigenvalue weighted by atomic mass is 32.1. The molecule has 28 heavy (non-hydrogen) atoms. The van der Waals surface area contributed by atoms with E-state index in [0.717, 1.165) is 12.0 Å². The van der Waals surface area contributed by atoms with Crippen molar-refractivity contribution in [3.8, 4) is 11.5 Å². The van der Waals surface area contributed by atoms with Gasteiger partial charge in [0.15, 0.2) is 5.76 Å². The number of Topliss-reactive ketones (excluding diaryl/α,β-unsaturated/α-hetero) is 1. The molecular weight excluding hydrogens is 372 g/mol. The lowest BCUT2D eigenvalue weighted by Crippen LogP contribution is -2.06. The van der Waals surface area contributed by atoms with Crippen molar-refractivity contribution in [1.82, 2.24) is 0 Å². The molecule has 5 heteroatoms. The highest BCUT2D eigenvalue weighted by Crippen LogP contribution is 2.37. The van der Waals surface area contributed by atoms with Gasteiger partial charge < -0.3 is 9.47 Å². The van der Waals surface area contributed by atoms with Crippen LogP contribution in [0.2, 0.25) is 0 Å². The average Bonchev–Trinajstić information content (AvgIpc) is 3.32. The van der Waals surface area contributed by atoms with E-state index in [0.29, 0.717) is 27.5 Å². The van der Waals surface area contributed by atoms with Gasteiger partial charge in [0, 0.05) is 6.07 Å². The number of thiophene rings is 1. The summed E-state index contributed by atoms with van der Waals surface area (Å²) in [4.78, 5) is 25.5. The summed E-state index contributed by atoms with van der Waals surface area (Å²) < 4.78 is 11.2. The molecule has 3 aromatic rings. The Hall–Kier alpha value is -3.18. The molecule has 0 fully saturated rings. The Labute approximate surface area is 167 Å². The van der Waals surface area contributed by atoms with E-state index in [1.54, 1.807) is 30.3 Å². The van der Waals surface area contributed by atoms with Gasteiger partial charge in [-0.25, -0.2) is 4.79 Å². The van der Waals surface area contributed by atoms with Crippen molar-refractivity contribution in [2.45, 2.75) is 20.3 Å². The molecule has 0 spiro atoms. The highest BCUT2D eigenvalue weighted by Gasteiger charge is 2.30. The molecule has 4 nitrogen and oxygen atoms in total. The maximum atomic E-state index is 12.8. The van der Waals surface area contributed by atoms with Crippen LogP contribution in [0.5, 0.6) is 11.5 Å². The van der Waals surface area contributed by atoms with Crippen LogP contribution in [0.4, 0.5) is 0 Å². The first-order valence-electron chi connectivity index (χ1n) is 8.98. The Balaban J connectivity index is 1.60. The second kappa shape index (κ2) is 7.44. The van der Waals surface area contributed by atoms with Crippen LogP contribution in [0, 0.1) is 6.92 Å². The van der Waals surface area contributed by atoms with E-state index in [4.69, 9.17) is 9.47 Å². The van der Waals surface area contributed by atoms with E-state index < -0.39 is 5.97 Å². The van der Waals surface area contributed by atoms with E-state index in [1.807, 2.05) is 36.6 Å². The van der Waals surface area contributed by atoms with Gasteiger partial charge in [0.2, 0.25) is 5.78 Å². The van der Waals surface area contributed by atoms with Crippen molar-refractivity contribution in [2.75, 3.05) is 0 Å². The lowest BCUT2D eigenvalue weighted by molar-refractivity contribution is 0.0739. The average molecular weight is 390 g/mol. The van der Waals surface area contributed by atoms with Crippen LogP contribution in [0.1, 0.15) is 43.6 Å². The van der Waals surface area contributed by atoms with Gasteiger partial charge in [0.05, 0.1) is 5.56 Å². The monoisotopic (exact) mass is 390 g/mol. The Morgan fingerprint density at radius 3 is 2.64 bits per heavy atom. The first-order chi connectivity index (χ1) is 13.5. The number of ether oxygens (including phenoxy) is 2. The van der Waals surface area contributed by atoms with E-state index in [-0.39, 0.29) is 11.5 Å². The number of esters is 1. The molecule has 0 saturated carbocycles. The second-order valence-electron chi connectivity index (χ2n) is 6.52. The molecule has 0 N–H and O–H groups in total. The number of aryl methyl sites for hydroxylation is 2. The molecule has 1 aliphatic heterocycles. The van der Waals surface area contributed by atoms with Crippen molar-refractivity contribution in [1.29, 1.82) is 0 Å². The molecule has 0 radical (unpaired) electrons. The number of fused-ring (bicyclic) bond motifs is 1. The number of rotatable bonds is 4. The van der Waals surface area contributed by atoms with Gasteiger partial charge in [-0.1, -0.05) is 37.3 Å². The van der Waals surface area contributed by atoms with Crippen LogP contribution >= 0.6 is 11.3 Å². The van der Waals surface area contributed by atoms with Crippen molar-refractivity contribution in [2.24, 2.45) is 0 Å². The van der Waals surface area contributed by atoms with Gasteiger partial charge in [-0.2, -0.15) is 0 Å². The van der Waals surface area contributed by atoms with Crippen molar-refractivity contribution in [3.63, 3.8) is 0 Å².